The van der Waals surface area contributed by atoms with Gasteiger partial charge in [-0.3, -0.25) is 0 Å². The van der Waals surface area contributed by atoms with Crippen LogP contribution in [0.15, 0.2) is 72.8 Å². The number of ether oxygens (including phenoxy) is 1. The summed E-state index contributed by atoms with van der Waals surface area (Å²) in [6, 6.07) is 26.4. The van der Waals surface area contributed by atoms with E-state index < -0.39 is 0 Å². The Morgan fingerprint density at radius 3 is 1.54 bits per heavy atom. The van der Waals surface area contributed by atoms with Crippen LogP contribution in [-0.4, -0.2) is 7.11 Å². The first kappa shape index (κ1) is 18.3. The van der Waals surface area contributed by atoms with E-state index in [-0.39, 0.29) is 5.41 Å². The number of hydrogen-bond acceptors (Lipinski definition) is 1. The lowest BCUT2D eigenvalue weighted by molar-refractivity contribution is 0.414. The summed E-state index contributed by atoms with van der Waals surface area (Å²) in [7, 11) is 1.71. The van der Waals surface area contributed by atoms with Gasteiger partial charge in [-0.1, -0.05) is 80.1 Å². The molecule has 0 aliphatic carbocycles. The first-order valence-electron chi connectivity index (χ1n) is 9.27. The summed E-state index contributed by atoms with van der Waals surface area (Å²) in [5.41, 5.74) is 6.30. The van der Waals surface area contributed by atoms with Gasteiger partial charge in [0.15, 0.2) is 0 Å². The second kappa shape index (κ2) is 7.37. The highest BCUT2D eigenvalue weighted by molar-refractivity contribution is 5.51. The molecule has 0 aliphatic rings. The highest BCUT2D eigenvalue weighted by Gasteiger charge is 2.31. The van der Waals surface area contributed by atoms with E-state index in [1.165, 1.54) is 27.8 Å². The summed E-state index contributed by atoms with van der Waals surface area (Å²) in [4.78, 5) is 0. The van der Waals surface area contributed by atoms with E-state index >= 15 is 0 Å². The van der Waals surface area contributed by atoms with Gasteiger partial charge >= 0.3 is 0 Å². The van der Waals surface area contributed by atoms with E-state index in [2.05, 4.69) is 88.4 Å². The van der Waals surface area contributed by atoms with Crippen molar-refractivity contribution < 1.29 is 4.74 Å². The van der Waals surface area contributed by atoms with Gasteiger partial charge in [-0.2, -0.15) is 0 Å². The van der Waals surface area contributed by atoms with Crippen LogP contribution >= 0.6 is 0 Å². The maximum absolute atomic E-state index is 5.35. The molecular weight excluding hydrogens is 316 g/mol. The Morgan fingerprint density at radius 1 is 0.692 bits per heavy atom. The van der Waals surface area contributed by atoms with Crippen molar-refractivity contribution in [1.82, 2.24) is 0 Å². The molecule has 0 saturated heterocycles. The van der Waals surface area contributed by atoms with E-state index in [1.807, 2.05) is 12.1 Å². The van der Waals surface area contributed by atoms with Crippen molar-refractivity contribution in [3.05, 3.63) is 101 Å². The van der Waals surface area contributed by atoms with Gasteiger partial charge in [0.2, 0.25) is 0 Å². The lowest BCUT2D eigenvalue weighted by atomic mass is 9.70. The van der Waals surface area contributed by atoms with E-state index in [1.54, 1.807) is 7.11 Å². The molecule has 0 aromatic heterocycles. The van der Waals surface area contributed by atoms with Crippen molar-refractivity contribution in [2.24, 2.45) is 0 Å². The topological polar surface area (TPSA) is 9.23 Å². The van der Waals surface area contributed by atoms with Gasteiger partial charge in [-0.25, -0.2) is 0 Å². The third-order valence-electron chi connectivity index (χ3n) is 5.45. The normalized spacial score (nSPS) is 13.5. The monoisotopic (exact) mass is 344 g/mol. The third-order valence-corrected chi connectivity index (χ3v) is 5.45. The molecule has 1 nitrogen and oxygen atoms in total. The van der Waals surface area contributed by atoms with Crippen molar-refractivity contribution in [3.8, 4) is 5.75 Å². The van der Waals surface area contributed by atoms with Gasteiger partial charge in [0.25, 0.3) is 0 Å². The van der Waals surface area contributed by atoms with Crippen molar-refractivity contribution in [2.75, 3.05) is 7.11 Å². The Hall–Kier alpha value is -2.54. The molecule has 0 radical (unpaired) electrons. The van der Waals surface area contributed by atoms with Crippen LogP contribution in [0.1, 0.15) is 54.5 Å². The van der Waals surface area contributed by atoms with Crippen LogP contribution in [0.25, 0.3) is 0 Å². The molecule has 0 amide bonds. The summed E-state index contributed by atoms with van der Waals surface area (Å²) >= 11 is 0. The molecule has 0 aliphatic heterocycles. The Kier molecular flexibility index (Phi) is 5.18. The number of hydrogen-bond donors (Lipinski definition) is 0. The molecular formula is C25H28O. The zero-order valence-corrected chi connectivity index (χ0v) is 16.4. The zero-order valence-electron chi connectivity index (χ0n) is 16.4. The third kappa shape index (κ3) is 3.39. The average Bonchev–Trinajstić information content (AvgIpc) is 2.68. The predicted molar refractivity (Wildman–Crippen MR) is 110 cm³/mol. The smallest absolute Gasteiger partial charge is 0.118 e. The molecule has 0 spiro atoms. The first-order valence-corrected chi connectivity index (χ1v) is 9.27. The summed E-state index contributed by atoms with van der Waals surface area (Å²) in [6.07, 6.45) is 0. The maximum atomic E-state index is 5.35. The number of methoxy groups -OCH3 is 1. The minimum atomic E-state index is -0.213. The molecule has 134 valence electrons. The minimum absolute atomic E-state index is 0.213. The largest absolute Gasteiger partial charge is 0.497 e. The van der Waals surface area contributed by atoms with Gasteiger partial charge in [0.1, 0.15) is 5.75 Å². The molecule has 1 atom stereocenters. The van der Waals surface area contributed by atoms with Crippen molar-refractivity contribution in [3.63, 3.8) is 0 Å². The molecule has 3 aromatic carbocycles. The van der Waals surface area contributed by atoms with Gasteiger partial charge in [0.05, 0.1) is 7.11 Å². The van der Waals surface area contributed by atoms with Crippen LogP contribution in [0.3, 0.4) is 0 Å². The maximum Gasteiger partial charge on any atom is 0.118 e. The van der Waals surface area contributed by atoms with Gasteiger partial charge in [-0.05, 0) is 54.2 Å². The van der Waals surface area contributed by atoms with Crippen molar-refractivity contribution in [2.45, 2.75) is 39.0 Å². The fraction of sp³-hybridized carbons (Fsp3) is 0.280. The Labute approximate surface area is 157 Å². The lowest BCUT2D eigenvalue weighted by Gasteiger charge is -2.32. The van der Waals surface area contributed by atoms with E-state index in [9.17, 15) is 0 Å². The van der Waals surface area contributed by atoms with Gasteiger partial charge in [-0.15, -0.1) is 0 Å². The molecule has 1 heteroatoms. The SMILES string of the molecule is COc1ccc(C(C)(c2ccc(C)cc2)c2ccc(C(C)C)cc2)cc1. The quantitative estimate of drug-likeness (QED) is 0.481. The summed E-state index contributed by atoms with van der Waals surface area (Å²) < 4.78 is 5.35. The summed E-state index contributed by atoms with van der Waals surface area (Å²) in [6.45, 7) is 8.91. The van der Waals surface area contributed by atoms with Gasteiger partial charge < -0.3 is 4.74 Å². The van der Waals surface area contributed by atoms with Crippen LogP contribution in [0.2, 0.25) is 0 Å². The highest BCUT2D eigenvalue weighted by Crippen LogP contribution is 2.39. The van der Waals surface area contributed by atoms with Crippen LogP contribution in [0, 0.1) is 6.92 Å². The van der Waals surface area contributed by atoms with E-state index in [0.717, 1.165) is 5.75 Å². The second-order valence-electron chi connectivity index (χ2n) is 7.50. The van der Waals surface area contributed by atoms with Crippen molar-refractivity contribution >= 4 is 0 Å². The molecule has 0 N–H and O–H groups in total. The van der Waals surface area contributed by atoms with Crippen LogP contribution in [0.4, 0.5) is 0 Å². The number of rotatable bonds is 5. The Balaban J connectivity index is 2.15. The first-order chi connectivity index (χ1) is 12.4. The highest BCUT2D eigenvalue weighted by atomic mass is 16.5. The predicted octanol–water partition coefficient (Wildman–Crippen LogP) is 6.48. The lowest BCUT2D eigenvalue weighted by Crippen LogP contribution is -2.25. The Morgan fingerprint density at radius 2 is 1.12 bits per heavy atom. The number of benzene rings is 3. The minimum Gasteiger partial charge on any atom is -0.497 e. The average molecular weight is 344 g/mol. The Bertz CT molecular complexity index is 842. The molecule has 0 heterocycles. The van der Waals surface area contributed by atoms with Crippen LogP contribution in [0.5, 0.6) is 5.75 Å². The van der Waals surface area contributed by atoms with E-state index in [4.69, 9.17) is 4.74 Å². The fourth-order valence-electron chi connectivity index (χ4n) is 3.51. The van der Waals surface area contributed by atoms with Crippen molar-refractivity contribution in [1.29, 1.82) is 0 Å². The standard InChI is InChI=1S/C25H28O/c1-18(2)20-8-12-22(13-9-20)25(4,21-10-6-19(3)7-11-21)23-14-16-24(26-5)17-15-23/h6-18H,1-5H3. The second-order valence-corrected chi connectivity index (χ2v) is 7.50. The summed E-state index contributed by atoms with van der Waals surface area (Å²) in [5.74, 6) is 1.42. The molecule has 0 saturated carbocycles. The van der Waals surface area contributed by atoms with E-state index in [0.29, 0.717) is 5.92 Å². The fourth-order valence-corrected chi connectivity index (χ4v) is 3.51. The molecule has 0 bridgehead atoms. The molecule has 0 fully saturated rings. The summed E-state index contributed by atoms with van der Waals surface area (Å²) in [5, 5.41) is 0. The molecule has 3 rings (SSSR count). The zero-order chi connectivity index (χ0) is 18.7. The molecule has 3 aromatic rings. The molecule has 26 heavy (non-hydrogen) atoms. The van der Waals surface area contributed by atoms with Crippen LogP contribution in [-0.2, 0) is 5.41 Å². The molecule has 1 unspecified atom stereocenters. The number of aryl methyl sites for hydroxylation is 1. The van der Waals surface area contributed by atoms with Gasteiger partial charge in [0, 0.05) is 5.41 Å². The van der Waals surface area contributed by atoms with Crippen LogP contribution < -0.4 is 4.74 Å².